The van der Waals surface area contributed by atoms with E-state index in [0.29, 0.717) is 28.3 Å². The van der Waals surface area contributed by atoms with Crippen LogP contribution in [0.2, 0.25) is 0 Å². The maximum atomic E-state index is 13.8. The number of hydrogen-bond donors (Lipinski definition) is 1. The average Bonchev–Trinajstić information content (AvgIpc) is 3.25. The van der Waals surface area contributed by atoms with Gasteiger partial charge in [0.25, 0.3) is 0 Å². The minimum absolute atomic E-state index is 0.218. The zero-order valence-corrected chi connectivity index (χ0v) is 25.3. The van der Waals surface area contributed by atoms with Gasteiger partial charge < -0.3 is 0 Å². The number of aryl methyl sites for hydroxylation is 1. The van der Waals surface area contributed by atoms with Crippen LogP contribution in [0.25, 0.3) is 0 Å². The van der Waals surface area contributed by atoms with Crippen molar-refractivity contribution in [1.29, 1.82) is 0 Å². The van der Waals surface area contributed by atoms with Gasteiger partial charge in [-0.1, -0.05) is 0 Å². The molecule has 3 heterocycles. The first-order valence-electron chi connectivity index (χ1n) is 12.7. The van der Waals surface area contributed by atoms with E-state index in [1.54, 1.807) is 30.7 Å². The molecule has 1 fully saturated rings. The molecule has 0 spiro atoms. The van der Waals surface area contributed by atoms with Gasteiger partial charge in [-0.25, -0.2) is 0 Å². The van der Waals surface area contributed by atoms with Crippen molar-refractivity contribution in [2.24, 2.45) is 0 Å². The number of carbonyl (C=O) groups excluding carboxylic acids is 2. The first-order valence-corrected chi connectivity index (χ1v) is 17.0. The van der Waals surface area contributed by atoms with E-state index in [9.17, 15) is 9.59 Å². The Morgan fingerprint density at radius 2 is 1.94 bits per heavy atom. The Morgan fingerprint density at radius 1 is 1.28 bits per heavy atom. The van der Waals surface area contributed by atoms with Crippen molar-refractivity contribution in [3.05, 3.63) is 17.2 Å². The molecule has 0 aliphatic carbocycles. The topological polar surface area (TPSA) is 107 Å². The molecular formula is C24H41N4O5PS2. The second-order valence-electron chi connectivity index (χ2n) is 10.2. The van der Waals surface area contributed by atoms with E-state index >= 15 is 0 Å². The summed E-state index contributed by atoms with van der Waals surface area (Å²) in [5.74, 6) is 0.790. The van der Waals surface area contributed by atoms with Gasteiger partial charge in [-0.05, 0) is 0 Å². The van der Waals surface area contributed by atoms with Crippen molar-refractivity contribution >= 4 is 43.5 Å². The number of nitrogens with one attached hydrogen (secondary N) is 1. The van der Waals surface area contributed by atoms with E-state index in [4.69, 9.17) is 13.9 Å². The van der Waals surface area contributed by atoms with Gasteiger partial charge in [0.15, 0.2) is 0 Å². The summed E-state index contributed by atoms with van der Waals surface area (Å²) in [6, 6.07) is 0. The second-order valence-corrected chi connectivity index (χ2v) is 15.1. The fourth-order valence-electron chi connectivity index (χ4n) is 4.37. The van der Waals surface area contributed by atoms with Crippen LogP contribution in [0.4, 0.5) is 0 Å². The number of aromatic nitrogens is 2. The van der Waals surface area contributed by atoms with Crippen molar-refractivity contribution in [3.8, 4) is 0 Å². The van der Waals surface area contributed by atoms with Crippen LogP contribution in [0.3, 0.4) is 0 Å². The standard InChI is InChI=1S/C24H41N4O5PS2/c1-8-10-12-34(13-11-9-2)27-24(31-7)20(30)28-18(19(29)33-23(4,5)6)17(14-35-21(24)28)15-36-22-26-25-16(3)32-22/h21,27H,8-15,34H2,1-7H3/t21-,24-/m0/s1. The Hall–Kier alpha value is -1.13. The maximum absolute atomic E-state index is 13.8. The Bertz CT molecular complexity index is 959. The molecule has 0 radical (unpaired) electrons. The van der Waals surface area contributed by atoms with E-state index in [-0.39, 0.29) is 11.3 Å². The summed E-state index contributed by atoms with van der Waals surface area (Å²) in [6.07, 6.45) is 6.77. The molecule has 2 atom stereocenters. The number of nitrogens with zero attached hydrogens (tertiary/aromatic N) is 3. The molecule has 1 N–H and O–H groups in total. The average molecular weight is 561 g/mol. The summed E-state index contributed by atoms with van der Waals surface area (Å²) in [5.41, 5.74) is -0.652. The fourth-order valence-corrected chi connectivity index (χ4v) is 10.3. The van der Waals surface area contributed by atoms with Crippen molar-refractivity contribution in [1.82, 2.24) is 20.2 Å². The molecule has 0 bridgehead atoms. The molecule has 2 aliphatic heterocycles. The normalized spacial score (nSPS) is 22.4. The van der Waals surface area contributed by atoms with E-state index in [2.05, 4.69) is 29.1 Å². The van der Waals surface area contributed by atoms with Crippen LogP contribution in [0.5, 0.6) is 0 Å². The molecule has 1 aromatic rings. The Kier molecular flexibility index (Phi) is 10.3. The van der Waals surface area contributed by atoms with Crippen molar-refractivity contribution in [2.75, 3.05) is 30.9 Å². The van der Waals surface area contributed by atoms with Crippen molar-refractivity contribution in [2.45, 2.75) is 89.1 Å². The zero-order valence-electron chi connectivity index (χ0n) is 22.5. The van der Waals surface area contributed by atoms with Crippen LogP contribution in [-0.2, 0) is 19.1 Å². The van der Waals surface area contributed by atoms with Gasteiger partial charge in [-0.3, -0.25) is 0 Å². The third-order valence-corrected chi connectivity index (χ3v) is 11.5. The van der Waals surface area contributed by atoms with Gasteiger partial charge in [0.2, 0.25) is 0 Å². The van der Waals surface area contributed by atoms with Crippen LogP contribution < -0.4 is 5.09 Å². The van der Waals surface area contributed by atoms with Crippen LogP contribution in [0.1, 0.15) is 66.2 Å². The van der Waals surface area contributed by atoms with Crippen LogP contribution >= 0.6 is 31.6 Å². The van der Waals surface area contributed by atoms with E-state index in [1.807, 2.05) is 20.8 Å². The molecule has 0 saturated carbocycles. The number of ether oxygens (including phenoxy) is 2. The molecule has 1 saturated heterocycles. The van der Waals surface area contributed by atoms with Gasteiger partial charge in [-0.2, -0.15) is 0 Å². The van der Waals surface area contributed by atoms with Crippen LogP contribution in [0.15, 0.2) is 20.9 Å². The van der Waals surface area contributed by atoms with Gasteiger partial charge in [0.05, 0.1) is 0 Å². The Morgan fingerprint density at radius 3 is 2.47 bits per heavy atom. The molecule has 1 amide bonds. The first kappa shape index (κ1) is 29.4. The molecule has 0 unspecified atom stereocenters. The minimum atomic E-state index is -1.43. The second kappa shape index (κ2) is 12.6. The Balaban J connectivity index is 1.88. The number of methoxy groups -OCH3 is 1. The number of esters is 1. The number of amides is 1. The molecule has 204 valence electrons. The number of hydrogen-bond acceptors (Lipinski definition) is 10. The van der Waals surface area contributed by atoms with E-state index < -0.39 is 25.4 Å². The quantitative estimate of drug-likeness (QED) is 0.123. The van der Waals surface area contributed by atoms with Crippen molar-refractivity contribution in [3.63, 3.8) is 0 Å². The fraction of sp³-hybridized carbons (Fsp3) is 0.750. The predicted octanol–water partition coefficient (Wildman–Crippen LogP) is 4.38. The molecular weight excluding hydrogens is 519 g/mol. The molecule has 3 rings (SSSR count). The van der Waals surface area contributed by atoms with Gasteiger partial charge in [-0.15, -0.1) is 0 Å². The number of thioether (sulfide) groups is 2. The summed E-state index contributed by atoms with van der Waals surface area (Å²) < 4.78 is 17.2. The van der Waals surface area contributed by atoms with Crippen LogP contribution in [-0.4, -0.2) is 74.6 Å². The molecule has 9 nitrogen and oxygen atoms in total. The van der Waals surface area contributed by atoms with Crippen LogP contribution in [0, 0.1) is 6.92 Å². The molecule has 1 aromatic heterocycles. The Labute approximate surface area is 224 Å². The van der Waals surface area contributed by atoms with Crippen molar-refractivity contribution < 1.29 is 23.5 Å². The summed E-state index contributed by atoms with van der Waals surface area (Å²) >= 11 is 2.97. The molecule has 36 heavy (non-hydrogen) atoms. The third-order valence-electron chi connectivity index (χ3n) is 6.13. The van der Waals surface area contributed by atoms with Gasteiger partial charge in [0, 0.05) is 0 Å². The summed E-state index contributed by atoms with van der Waals surface area (Å²) in [7, 11) is 0.161. The number of unbranched alkanes of at least 4 members (excludes halogenated alkanes) is 2. The predicted molar refractivity (Wildman–Crippen MR) is 148 cm³/mol. The molecule has 2 aliphatic rings. The summed E-state index contributed by atoms with van der Waals surface area (Å²) in [4.78, 5) is 28.8. The first-order chi connectivity index (χ1) is 17.1. The molecule has 0 aromatic carbocycles. The zero-order chi connectivity index (χ0) is 26.5. The number of carbonyl (C=O) groups is 2. The van der Waals surface area contributed by atoms with Gasteiger partial charge >= 0.3 is 224 Å². The number of fused-ring (bicyclic) bond motifs is 1. The van der Waals surface area contributed by atoms with E-state index in [0.717, 1.165) is 43.6 Å². The molecule has 12 heteroatoms. The summed E-state index contributed by atoms with van der Waals surface area (Å²) in [5, 5.41) is 11.7. The number of rotatable bonds is 13. The number of β-lactam (4-membered cyclic amide) rings is 1. The summed E-state index contributed by atoms with van der Waals surface area (Å²) in [6.45, 7) is 11.6. The van der Waals surface area contributed by atoms with E-state index in [1.165, 1.54) is 11.8 Å². The SMILES string of the molecule is CCCC[PH2](CCCC)N[C@]1(OC)C(=O)N2C(C(=O)OC(C)(C)C)=C(CSc3nnc(C)o3)CS[C@H]21. The third kappa shape index (κ3) is 6.65. The van der Waals surface area contributed by atoms with Gasteiger partial charge in [0.1, 0.15) is 0 Å². The monoisotopic (exact) mass is 560 g/mol.